The van der Waals surface area contributed by atoms with Crippen LogP contribution in [-0.4, -0.2) is 45.7 Å². The molecular weight excluding hydrogens is 374 g/mol. The van der Waals surface area contributed by atoms with Crippen LogP contribution in [0.5, 0.6) is 0 Å². The third-order valence-corrected chi connectivity index (χ3v) is 5.26. The Labute approximate surface area is 169 Å². The maximum atomic E-state index is 13.4. The maximum Gasteiger partial charge on any atom is 0.298 e. The lowest BCUT2D eigenvalue weighted by Gasteiger charge is -2.21. The lowest BCUT2D eigenvalue weighted by atomic mass is 10.1. The molecule has 0 saturated carbocycles. The number of aryl methyl sites for hydroxylation is 1. The number of fused-ring (bicyclic) bond motifs is 1. The molecular formula is C21H22ClN5O. The van der Waals surface area contributed by atoms with Crippen molar-refractivity contribution in [2.24, 2.45) is 0 Å². The molecule has 0 N–H and O–H groups in total. The SMILES string of the molecule is CCc1nc(C(=O)N2CCN(C)Cc3ccccc32)nn1-c1ccccc1Cl. The van der Waals surface area contributed by atoms with Crippen molar-refractivity contribution >= 4 is 23.2 Å². The maximum absolute atomic E-state index is 13.4. The summed E-state index contributed by atoms with van der Waals surface area (Å²) in [5.74, 6) is 0.705. The Balaban J connectivity index is 1.74. The Morgan fingerprint density at radius 1 is 1.07 bits per heavy atom. The number of hydrogen-bond donors (Lipinski definition) is 0. The van der Waals surface area contributed by atoms with E-state index in [0.717, 1.165) is 30.0 Å². The molecule has 6 nitrogen and oxygen atoms in total. The van der Waals surface area contributed by atoms with E-state index in [1.165, 1.54) is 0 Å². The molecule has 2 aromatic carbocycles. The molecule has 1 amide bonds. The van der Waals surface area contributed by atoms with Gasteiger partial charge < -0.3 is 9.80 Å². The van der Waals surface area contributed by atoms with Crippen molar-refractivity contribution in [2.75, 3.05) is 25.0 Å². The van der Waals surface area contributed by atoms with Gasteiger partial charge in [0.1, 0.15) is 5.82 Å². The highest BCUT2D eigenvalue weighted by molar-refractivity contribution is 6.32. The molecule has 0 spiro atoms. The van der Waals surface area contributed by atoms with E-state index in [4.69, 9.17) is 11.6 Å². The number of carbonyl (C=O) groups excluding carboxylic acids is 1. The molecule has 0 aliphatic carbocycles. The van der Waals surface area contributed by atoms with E-state index in [2.05, 4.69) is 28.1 Å². The lowest BCUT2D eigenvalue weighted by molar-refractivity contribution is 0.0976. The average Bonchev–Trinajstić information content (AvgIpc) is 3.05. The van der Waals surface area contributed by atoms with Crippen LogP contribution in [0.2, 0.25) is 5.02 Å². The normalized spacial score (nSPS) is 14.6. The highest BCUT2D eigenvalue weighted by Crippen LogP contribution is 2.26. The average molecular weight is 396 g/mol. The first kappa shape index (κ1) is 18.7. The number of benzene rings is 2. The molecule has 0 fully saturated rings. The number of anilines is 1. The Morgan fingerprint density at radius 3 is 2.54 bits per heavy atom. The second kappa shape index (κ2) is 7.73. The number of hydrogen-bond acceptors (Lipinski definition) is 4. The van der Waals surface area contributed by atoms with Crippen molar-refractivity contribution in [3.05, 3.63) is 70.8 Å². The summed E-state index contributed by atoms with van der Waals surface area (Å²) in [4.78, 5) is 21.9. The van der Waals surface area contributed by atoms with Gasteiger partial charge in [0.2, 0.25) is 5.82 Å². The third kappa shape index (κ3) is 3.41. The van der Waals surface area contributed by atoms with Crippen molar-refractivity contribution in [3.8, 4) is 5.69 Å². The second-order valence-electron chi connectivity index (χ2n) is 6.89. The summed E-state index contributed by atoms with van der Waals surface area (Å²) < 4.78 is 1.67. The summed E-state index contributed by atoms with van der Waals surface area (Å²) in [6, 6.07) is 15.4. The number of para-hydroxylation sites is 2. The van der Waals surface area contributed by atoms with Gasteiger partial charge >= 0.3 is 0 Å². The van der Waals surface area contributed by atoms with Crippen molar-refractivity contribution in [1.82, 2.24) is 19.7 Å². The van der Waals surface area contributed by atoms with Crippen LogP contribution in [0.1, 0.15) is 28.9 Å². The summed E-state index contributed by atoms with van der Waals surface area (Å²) in [6.45, 7) is 4.17. The number of rotatable bonds is 3. The molecule has 1 aliphatic rings. The molecule has 4 rings (SSSR count). The summed E-state index contributed by atoms with van der Waals surface area (Å²) >= 11 is 6.34. The predicted molar refractivity (Wildman–Crippen MR) is 110 cm³/mol. The van der Waals surface area contributed by atoms with E-state index >= 15 is 0 Å². The van der Waals surface area contributed by atoms with Crippen molar-refractivity contribution in [3.63, 3.8) is 0 Å². The van der Waals surface area contributed by atoms with E-state index in [-0.39, 0.29) is 11.7 Å². The van der Waals surface area contributed by atoms with Crippen LogP contribution in [0.15, 0.2) is 48.5 Å². The molecule has 28 heavy (non-hydrogen) atoms. The first-order chi connectivity index (χ1) is 13.6. The summed E-state index contributed by atoms with van der Waals surface area (Å²) in [7, 11) is 2.06. The van der Waals surface area contributed by atoms with Crippen molar-refractivity contribution < 1.29 is 4.79 Å². The zero-order valence-corrected chi connectivity index (χ0v) is 16.7. The largest absolute Gasteiger partial charge is 0.304 e. The Kier molecular flexibility index (Phi) is 5.15. The monoisotopic (exact) mass is 395 g/mol. The molecule has 2 heterocycles. The van der Waals surface area contributed by atoms with Gasteiger partial charge in [0.25, 0.3) is 5.91 Å². The van der Waals surface area contributed by atoms with E-state index in [9.17, 15) is 4.79 Å². The minimum Gasteiger partial charge on any atom is -0.304 e. The van der Waals surface area contributed by atoms with Gasteiger partial charge in [-0.05, 0) is 30.8 Å². The molecule has 3 aromatic rings. The van der Waals surface area contributed by atoms with Gasteiger partial charge in [-0.15, -0.1) is 5.10 Å². The smallest absolute Gasteiger partial charge is 0.298 e. The summed E-state index contributed by atoms with van der Waals surface area (Å²) in [6.07, 6.45) is 0.644. The Morgan fingerprint density at radius 2 is 1.79 bits per heavy atom. The first-order valence-corrected chi connectivity index (χ1v) is 9.75. The molecule has 0 bridgehead atoms. The molecule has 144 valence electrons. The van der Waals surface area contributed by atoms with Gasteiger partial charge in [-0.3, -0.25) is 4.79 Å². The van der Waals surface area contributed by atoms with E-state index < -0.39 is 0 Å². The number of carbonyl (C=O) groups is 1. The standard InChI is InChI=1S/C21H22ClN5O/c1-3-19-23-20(24-27(19)18-11-7-5-9-16(18)22)21(28)26-13-12-25(2)14-15-8-4-6-10-17(15)26/h4-11H,3,12-14H2,1-2H3. The molecule has 1 aliphatic heterocycles. The zero-order chi connectivity index (χ0) is 19.7. The molecule has 0 unspecified atom stereocenters. The van der Waals surface area contributed by atoms with Crippen LogP contribution in [0.25, 0.3) is 5.69 Å². The van der Waals surface area contributed by atoms with Gasteiger partial charge in [0, 0.05) is 31.7 Å². The van der Waals surface area contributed by atoms with Gasteiger partial charge in [-0.2, -0.15) is 0 Å². The number of nitrogens with zero attached hydrogens (tertiary/aromatic N) is 5. The molecule has 0 radical (unpaired) electrons. The molecule has 0 saturated heterocycles. The zero-order valence-electron chi connectivity index (χ0n) is 16.0. The van der Waals surface area contributed by atoms with Crippen molar-refractivity contribution in [2.45, 2.75) is 19.9 Å². The van der Waals surface area contributed by atoms with Crippen LogP contribution in [0.4, 0.5) is 5.69 Å². The first-order valence-electron chi connectivity index (χ1n) is 9.37. The van der Waals surface area contributed by atoms with E-state index in [1.807, 2.05) is 43.3 Å². The van der Waals surface area contributed by atoms with E-state index in [0.29, 0.717) is 23.8 Å². The fourth-order valence-electron chi connectivity index (χ4n) is 3.48. The topological polar surface area (TPSA) is 54.3 Å². The van der Waals surface area contributed by atoms with Crippen LogP contribution >= 0.6 is 11.6 Å². The molecule has 7 heteroatoms. The minimum absolute atomic E-state index is 0.191. The van der Waals surface area contributed by atoms with Crippen LogP contribution in [-0.2, 0) is 13.0 Å². The van der Waals surface area contributed by atoms with Gasteiger partial charge in [0.15, 0.2) is 0 Å². The fourth-order valence-corrected chi connectivity index (χ4v) is 3.70. The molecule has 0 atom stereocenters. The Bertz CT molecular complexity index is 1020. The second-order valence-corrected chi connectivity index (χ2v) is 7.30. The number of halogens is 1. The number of aromatic nitrogens is 3. The molecule has 1 aromatic heterocycles. The van der Waals surface area contributed by atoms with Crippen LogP contribution < -0.4 is 4.90 Å². The highest BCUT2D eigenvalue weighted by Gasteiger charge is 2.27. The lowest BCUT2D eigenvalue weighted by Crippen LogP contribution is -2.35. The van der Waals surface area contributed by atoms with Gasteiger partial charge in [-0.25, -0.2) is 9.67 Å². The summed E-state index contributed by atoms with van der Waals surface area (Å²) in [5.41, 5.74) is 2.77. The quantitative estimate of drug-likeness (QED) is 0.680. The number of likely N-dealkylation sites (N-methyl/N-ethyl adjacent to an activating group) is 1. The minimum atomic E-state index is -0.191. The highest BCUT2D eigenvalue weighted by atomic mass is 35.5. The van der Waals surface area contributed by atoms with E-state index in [1.54, 1.807) is 15.6 Å². The van der Waals surface area contributed by atoms with Crippen LogP contribution in [0.3, 0.4) is 0 Å². The third-order valence-electron chi connectivity index (χ3n) is 4.94. The fraction of sp³-hybridized carbons (Fsp3) is 0.286. The van der Waals surface area contributed by atoms with Crippen LogP contribution in [0, 0.1) is 0 Å². The van der Waals surface area contributed by atoms with Gasteiger partial charge in [0.05, 0.1) is 10.7 Å². The predicted octanol–water partition coefficient (Wildman–Crippen LogP) is 3.58. The summed E-state index contributed by atoms with van der Waals surface area (Å²) in [5, 5.41) is 5.10. The number of amides is 1. The van der Waals surface area contributed by atoms with Crippen molar-refractivity contribution in [1.29, 1.82) is 0 Å². The van der Waals surface area contributed by atoms with Gasteiger partial charge in [-0.1, -0.05) is 48.9 Å². The Hall–Kier alpha value is -2.70.